The van der Waals surface area contributed by atoms with E-state index >= 15 is 0 Å². The fraction of sp³-hybridized carbons (Fsp3) is 0.385. The average molecular weight is 265 g/mol. The van der Waals surface area contributed by atoms with Gasteiger partial charge in [-0.05, 0) is 24.5 Å². The van der Waals surface area contributed by atoms with Crippen molar-refractivity contribution in [3.63, 3.8) is 0 Å². The number of aromatic nitrogens is 2. The van der Waals surface area contributed by atoms with E-state index in [0.29, 0.717) is 29.9 Å². The van der Waals surface area contributed by atoms with E-state index < -0.39 is 11.6 Å². The molecule has 100 valence electrons. The van der Waals surface area contributed by atoms with E-state index in [1.165, 1.54) is 25.0 Å². The summed E-state index contributed by atoms with van der Waals surface area (Å²) in [6.45, 7) is 0.531. The molecule has 1 N–H and O–H groups in total. The molecule has 1 fully saturated rings. The summed E-state index contributed by atoms with van der Waals surface area (Å²) in [7, 11) is 0. The molecule has 0 atom stereocenters. The van der Waals surface area contributed by atoms with E-state index in [9.17, 15) is 8.78 Å². The maximum atomic E-state index is 13.5. The first-order valence-corrected chi connectivity index (χ1v) is 6.19. The lowest BCUT2D eigenvalue weighted by molar-refractivity contribution is 0.363. The van der Waals surface area contributed by atoms with Gasteiger partial charge in [-0.25, -0.2) is 8.78 Å². The van der Waals surface area contributed by atoms with E-state index in [4.69, 9.17) is 4.52 Å². The zero-order valence-electron chi connectivity index (χ0n) is 10.2. The van der Waals surface area contributed by atoms with Crippen LogP contribution < -0.4 is 5.32 Å². The highest BCUT2D eigenvalue weighted by molar-refractivity contribution is 5.21. The van der Waals surface area contributed by atoms with Gasteiger partial charge in [-0.3, -0.25) is 0 Å². The van der Waals surface area contributed by atoms with Gasteiger partial charge in [-0.1, -0.05) is 11.2 Å². The maximum absolute atomic E-state index is 13.5. The molecule has 0 amide bonds. The van der Waals surface area contributed by atoms with Crippen LogP contribution in [0.25, 0.3) is 0 Å². The fourth-order valence-electron chi connectivity index (χ4n) is 1.79. The smallest absolute Gasteiger partial charge is 0.240 e. The molecule has 1 aliphatic carbocycles. The normalized spacial score (nSPS) is 14.8. The van der Waals surface area contributed by atoms with Crippen molar-refractivity contribution < 1.29 is 13.3 Å². The Hall–Kier alpha value is -1.82. The van der Waals surface area contributed by atoms with Crippen LogP contribution in [0.3, 0.4) is 0 Å². The predicted molar refractivity (Wildman–Crippen MR) is 63.3 cm³/mol. The molecular weight excluding hydrogens is 252 g/mol. The standard InChI is InChI=1S/C13H13F2N3O/c14-9-2-1-8(11(15)6-9)5-12-17-13(19-18-12)7-16-10-3-4-10/h1-2,6,10,16H,3-5,7H2. The Morgan fingerprint density at radius 1 is 1.32 bits per heavy atom. The van der Waals surface area contributed by atoms with Crippen molar-refractivity contribution in [1.82, 2.24) is 15.5 Å². The minimum absolute atomic E-state index is 0.193. The van der Waals surface area contributed by atoms with Crippen molar-refractivity contribution in [3.8, 4) is 0 Å². The van der Waals surface area contributed by atoms with Gasteiger partial charge in [0.1, 0.15) is 11.6 Å². The number of hydrogen-bond acceptors (Lipinski definition) is 4. The van der Waals surface area contributed by atoms with Crippen LogP contribution in [0.4, 0.5) is 8.78 Å². The first kappa shape index (κ1) is 12.2. The van der Waals surface area contributed by atoms with Crippen LogP contribution in [-0.4, -0.2) is 16.2 Å². The second-order valence-electron chi connectivity index (χ2n) is 4.67. The summed E-state index contributed by atoms with van der Waals surface area (Å²) >= 11 is 0. The zero-order valence-corrected chi connectivity index (χ0v) is 10.2. The summed E-state index contributed by atoms with van der Waals surface area (Å²) in [4.78, 5) is 4.17. The van der Waals surface area contributed by atoms with Gasteiger partial charge in [-0.2, -0.15) is 4.98 Å². The molecular formula is C13H13F2N3O. The van der Waals surface area contributed by atoms with Crippen LogP contribution in [0.15, 0.2) is 22.7 Å². The second-order valence-corrected chi connectivity index (χ2v) is 4.67. The Morgan fingerprint density at radius 3 is 2.89 bits per heavy atom. The summed E-state index contributed by atoms with van der Waals surface area (Å²) < 4.78 is 31.3. The van der Waals surface area contributed by atoms with Crippen LogP contribution >= 0.6 is 0 Å². The highest BCUT2D eigenvalue weighted by Crippen LogP contribution is 2.19. The van der Waals surface area contributed by atoms with E-state index in [1.54, 1.807) is 0 Å². The van der Waals surface area contributed by atoms with Gasteiger partial charge in [0.25, 0.3) is 0 Å². The monoisotopic (exact) mass is 265 g/mol. The molecule has 0 saturated heterocycles. The summed E-state index contributed by atoms with van der Waals surface area (Å²) in [5, 5.41) is 7.04. The third kappa shape index (κ3) is 3.14. The van der Waals surface area contributed by atoms with Gasteiger partial charge in [0.15, 0.2) is 5.82 Å². The Morgan fingerprint density at radius 2 is 2.16 bits per heavy atom. The lowest BCUT2D eigenvalue weighted by atomic mass is 10.1. The van der Waals surface area contributed by atoms with Crippen LogP contribution in [0.5, 0.6) is 0 Å². The Labute approximate surface area is 108 Å². The summed E-state index contributed by atoms with van der Waals surface area (Å²) in [5.41, 5.74) is 0.351. The molecule has 19 heavy (non-hydrogen) atoms. The molecule has 2 aromatic rings. The van der Waals surface area contributed by atoms with E-state index in [-0.39, 0.29) is 6.42 Å². The lowest BCUT2D eigenvalue weighted by Crippen LogP contribution is -2.15. The van der Waals surface area contributed by atoms with E-state index in [2.05, 4.69) is 15.5 Å². The molecule has 3 rings (SSSR count). The molecule has 0 radical (unpaired) electrons. The van der Waals surface area contributed by atoms with E-state index in [1.807, 2.05) is 0 Å². The molecule has 6 heteroatoms. The van der Waals surface area contributed by atoms with Crippen molar-refractivity contribution >= 4 is 0 Å². The van der Waals surface area contributed by atoms with Gasteiger partial charge in [0, 0.05) is 18.5 Å². The molecule has 0 unspecified atom stereocenters. The number of rotatable bonds is 5. The summed E-state index contributed by atoms with van der Waals surface area (Å²) in [5.74, 6) is -0.298. The largest absolute Gasteiger partial charge is 0.338 e. The Bertz CT molecular complexity index is 581. The number of hydrogen-bond donors (Lipinski definition) is 1. The molecule has 1 saturated carbocycles. The average Bonchev–Trinajstić information content (AvgIpc) is 3.10. The topological polar surface area (TPSA) is 51.0 Å². The number of benzene rings is 1. The van der Waals surface area contributed by atoms with Gasteiger partial charge >= 0.3 is 0 Å². The van der Waals surface area contributed by atoms with Crippen LogP contribution in [0.1, 0.15) is 30.1 Å². The minimum Gasteiger partial charge on any atom is -0.338 e. The predicted octanol–water partition coefficient (Wildman–Crippen LogP) is 2.19. The molecule has 1 aromatic carbocycles. The lowest BCUT2D eigenvalue weighted by Gasteiger charge is -1.99. The summed E-state index contributed by atoms with van der Waals surface area (Å²) in [6, 6.07) is 4.02. The van der Waals surface area contributed by atoms with Gasteiger partial charge < -0.3 is 9.84 Å². The zero-order chi connectivity index (χ0) is 13.2. The Balaban J connectivity index is 1.65. The third-order valence-corrected chi connectivity index (χ3v) is 2.99. The molecule has 0 bridgehead atoms. The van der Waals surface area contributed by atoms with Gasteiger partial charge in [-0.15, -0.1) is 0 Å². The highest BCUT2D eigenvalue weighted by atomic mass is 19.1. The number of halogens is 2. The molecule has 0 spiro atoms. The highest BCUT2D eigenvalue weighted by Gasteiger charge is 2.21. The first-order chi connectivity index (χ1) is 9.20. The van der Waals surface area contributed by atoms with Gasteiger partial charge in [0.2, 0.25) is 5.89 Å². The van der Waals surface area contributed by atoms with Crippen molar-refractivity contribution in [3.05, 3.63) is 47.1 Å². The SMILES string of the molecule is Fc1ccc(Cc2noc(CNC3CC3)n2)c(F)c1. The molecule has 1 heterocycles. The van der Waals surface area contributed by atoms with Crippen LogP contribution in [-0.2, 0) is 13.0 Å². The molecule has 1 aromatic heterocycles. The quantitative estimate of drug-likeness (QED) is 0.900. The van der Waals surface area contributed by atoms with Crippen LogP contribution in [0, 0.1) is 11.6 Å². The van der Waals surface area contributed by atoms with Crippen molar-refractivity contribution in [2.75, 3.05) is 0 Å². The molecule has 1 aliphatic rings. The Kier molecular flexibility index (Phi) is 3.25. The number of nitrogens with zero attached hydrogens (tertiary/aromatic N) is 2. The maximum Gasteiger partial charge on any atom is 0.240 e. The van der Waals surface area contributed by atoms with Crippen molar-refractivity contribution in [2.24, 2.45) is 0 Å². The fourth-order valence-corrected chi connectivity index (χ4v) is 1.79. The number of nitrogens with one attached hydrogen (secondary N) is 1. The van der Waals surface area contributed by atoms with Gasteiger partial charge in [0.05, 0.1) is 6.54 Å². The molecule has 4 nitrogen and oxygen atoms in total. The molecule has 0 aliphatic heterocycles. The van der Waals surface area contributed by atoms with Crippen LogP contribution in [0.2, 0.25) is 0 Å². The third-order valence-electron chi connectivity index (χ3n) is 2.99. The second kappa shape index (κ2) is 5.05. The minimum atomic E-state index is -0.595. The van der Waals surface area contributed by atoms with Crippen molar-refractivity contribution in [1.29, 1.82) is 0 Å². The van der Waals surface area contributed by atoms with E-state index in [0.717, 1.165) is 6.07 Å². The van der Waals surface area contributed by atoms with Crippen molar-refractivity contribution in [2.45, 2.75) is 31.8 Å². The first-order valence-electron chi connectivity index (χ1n) is 6.19. The summed E-state index contributed by atoms with van der Waals surface area (Å²) in [6.07, 6.45) is 2.56.